The normalized spacial score (nSPS) is 27.9. The number of nitrogens with one attached hydrogen (secondary N) is 2. The predicted molar refractivity (Wildman–Crippen MR) is 119 cm³/mol. The monoisotopic (exact) mass is 485 g/mol. The van der Waals surface area contributed by atoms with Crippen molar-refractivity contribution in [3.05, 3.63) is 63.4 Å². The topological polar surface area (TPSA) is 132 Å². The van der Waals surface area contributed by atoms with E-state index in [2.05, 4.69) is 5.09 Å². The van der Waals surface area contributed by atoms with E-state index in [1.807, 2.05) is 25.8 Å². The third kappa shape index (κ3) is 5.80. The van der Waals surface area contributed by atoms with Gasteiger partial charge in [0.05, 0.1) is 6.61 Å². The number of hydrogen-bond acceptors (Lipinski definition) is 7. The summed E-state index contributed by atoms with van der Waals surface area (Å²) in [6.45, 7) is 6.24. The van der Waals surface area contributed by atoms with Gasteiger partial charge in [-0.25, -0.2) is 18.8 Å². The maximum absolute atomic E-state index is 15.4. The van der Waals surface area contributed by atoms with Crippen molar-refractivity contribution in [3.8, 4) is 5.75 Å². The first kappa shape index (κ1) is 25.3. The number of rotatable bonds is 9. The highest BCUT2D eigenvalue weighted by Crippen LogP contribution is 2.47. The molecule has 2 aromatic rings. The van der Waals surface area contributed by atoms with Gasteiger partial charge in [-0.3, -0.25) is 18.9 Å². The second kappa shape index (κ2) is 9.90. The van der Waals surface area contributed by atoms with E-state index in [9.17, 15) is 19.3 Å². The molecule has 0 bridgehead atoms. The molecule has 3 rings (SSSR count). The van der Waals surface area contributed by atoms with E-state index in [-0.39, 0.29) is 12.0 Å². The highest BCUT2D eigenvalue weighted by molar-refractivity contribution is 7.52. The second-order valence-corrected chi connectivity index (χ2v) is 10.2. The van der Waals surface area contributed by atoms with Crippen LogP contribution < -0.4 is 20.9 Å². The molecule has 1 aromatic carbocycles. The number of aromatic amines is 1. The molecule has 1 saturated heterocycles. The number of para-hydroxylation sites is 1. The first-order chi connectivity index (χ1) is 15.4. The van der Waals surface area contributed by atoms with E-state index in [0.29, 0.717) is 5.75 Å². The minimum absolute atomic E-state index is 0.0974. The van der Waals surface area contributed by atoms with Gasteiger partial charge in [0.2, 0.25) is 0 Å². The first-order valence-corrected chi connectivity index (χ1v) is 12.1. The van der Waals surface area contributed by atoms with Crippen LogP contribution in [0, 0.1) is 5.92 Å². The fourth-order valence-electron chi connectivity index (χ4n) is 3.24. The number of aliphatic hydroxyl groups is 1. The van der Waals surface area contributed by atoms with Gasteiger partial charge in [-0.2, -0.15) is 0 Å². The van der Waals surface area contributed by atoms with Crippen LogP contribution in [0.2, 0.25) is 0 Å². The van der Waals surface area contributed by atoms with E-state index in [0.717, 1.165) is 23.8 Å². The maximum atomic E-state index is 15.4. The van der Waals surface area contributed by atoms with Crippen molar-refractivity contribution in [2.75, 3.05) is 6.61 Å². The number of aliphatic hydroxyl groups excluding tert-OH is 1. The lowest BCUT2D eigenvalue weighted by molar-refractivity contribution is -0.0593. The summed E-state index contributed by atoms with van der Waals surface area (Å²) in [4.78, 5) is 25.4. The Hall–Kier alpha value is -2.30. The van der Waals surface area contributed by atoms with Crippen molar-refractivity contribution in [1.82, 2.24) is 14.6 Å². The summed E-state index contributed by atoms with van der Waals surface area (Å²) in [5, 5.41) is 13.4. The smallest absolute Gasteiger partial charge is 0.413 e. The van der Waals surface area contributed by atoms with Crippen molar-refractivity contribution in [1.29, 1.82) is 0 Å². The van der Waals surface area contributed by atoms with Crippen molar-refractivity contribution >= 4 is 7.75 Å². The summed E-state index contributed by atoms with van der Waals surface area (Å²) < 4.78 is 46.4. The Morgan fingerprint density at radius 3 is 2.55 bits per heavy atom. The molecular weight excluding hydrogens is 456 g/mol. The average molecular weight is 485 g/mol. The third-order valence-corrected chi connectivity index (χ3v) is 7.22. The Morgan fingerprint density at radius 1 is 1.27 bits per heavy atom. The number of hydrogen-bond donors (Lipinski definition) is 3. The number of benzene rings is 1. The Balaban J connectivity index is 1.80. The van der Waals surface area contributed by atoms with Crippen LogP contribution in [0.5, 0.6) is 5.75 Å². The Labute approximate surface area is 190 Å². The quantitative estimate of drug-likeness (QED) is 0.462. The first-order valence-electron chi connectivity index (χ1n) is 10.5. The zero-order valence-electron chi connectivity index (χ0n) is 18.8. The lowest BCUT2D eigenvalue weighted by atomic mass is 9.98. The van der Waals surface area contributed by atoms with Gasteiger partial charge in [0.25, 0.3) is 5.56 Å². The summed E-state index contributed by atoms with van der Waals surface area (Å²) >= 11 is 0. The molecule has 0 radical (unpaired) electrons. The van der Waals surface area contributed by atoms with Crippen molar-refractivity contribution < 1.29 is 27.8 Å². The van der Waals surface area contributed by atoms with E-state index < -0.39 is 49.7 Å². The summed E-state index contributed by atoms with van der Waals surface area (Å²) in [7, 11) is -3.96. The largest absolute Gasteiger partial charge is 0.459 e. The van der Waals surface area contributed by atoms with E-state index in [1.54, 1.807) is 30.3 Å². The molecular formula is C21H29FN3O7P. The van der Waals surface area contributed by atoms with Crippen molar-refractivity contribution in [2.24, 2.45) is 5.92 Å². The molecule has 1 aromatic heterocycles. The van der Waals surface area contributed by atoms with Gasteiger partial charge in [-0.15, -0.1) is 0 Å². The van der Waals surface area contributed by atoms with Crippen LogP contribution in [0.15, 0.2) is 52.2 Å². The lowest BCUT2D eigenvalue weighted by Crippen LogP contribution is -2.43. The fraction of sp³-hybridized carbons (Fsp3) is 0.524. The number of aromatic nitrogens is 2. The lowest BCUT2D eigenvalue weighted by Gasteiger charge is -2.27. The molecule has 1 aliphatic heterocycles. The predicted octanol–water partition coefficient (Wildman–Crippen LogP) is 2.36. The zero-order chi connectivity index (χ0) is 24.4. The van der Waals surface area contributed by atoms with Gasteiger partial charge in [0.1, 0.15) is 18.0 Å². The van der Waals surface area contributed by atoms with Crippen molar-refractivity contribution in [3.63, 3.8) is 0 Å². The maximum Gasteiger partial charge on any atom is 0.459 e. The molecule has 1 fully saturated rings. The molecule has 1 unspecified atom stereocenters. The van der Waals surface area contributed by atoms with Crippen LogP contribution in [0.4, 0.5) is 4.39 Å². The van der Waals surface area contributed by atoms with Crippen LogP contribution in [0.1, 0.15) is 33.9 Å². The van der Waals surface area contributed by atoms with E-state index in [1.165, 1.54) is 0 Å². The van der Waals surface area contributed by atoms with Crippen LogP contribution in [0.25, 0.3) is 0 Å². The molecule has 10 nitrogen and oxygen atoms in total. The van der Waals surface area contributed by atoms with Crippen LogP contribution in [-0.4, -0.2) is 45.2 Å². The number of ether oxygens (including phenoxy) is 1. The zero-order valence-corrected chi connectivity index (χ0v) is 19.7. The van der Waals surface area contributed by atoms with Gasteiger partial charge in [-0.05, 0) is 31.9 Å². The Morgan fingerprint density at radius 2 is 1.94 bits per heavy atom. The average Bonchev–Trinajstić information content (AvgIpc) is 2.96. The molecule has 0 spiro atoms. The van der Waals surface area contributed by atoms with Crippen LogP contribution in [0.3, 0.4) is 0 Å². The van der Waals surface area contributed by atoms with Gasteiger partial charge >= 0.3 is 13.4 Å². The minimum atomic E-state index is -3.96. The molecule has 33 heavy (non-hydrogen) atoms. The van der Waals surface area contributed by atoms with Gasteiger partial charge in [0.15, 0.2) is 11.9 Å². The fourth-order valence-corrected chi connectivity index (χ4v) is 4.96. The molecule has 0 aliphatic carbocycles. The standard InChI is InChI=1S/C21H29FN3O7P/c1-13(2)14(3)24-33(29,32-15-8-6-5-7-9-15)30-12-16-18(27)21(4,22)19(31-16)25-11-10-17(26)23-20(25)28/h5-11,13-14,16,18-19,27H,12H2,1-4H3,(H,24,29)(H,23,26,28)/t14-,16+,18-,19+,21+,33?/m0/s1. The number of alkyl halides is 1. The minimum Gasteiger partial charge on any atom is -0.413 e. The van der Waals surface area contributed by atoms with Gasteiger partial charge in [-0.1, -0.05) is 32.0 Å². The molecule has 2 heterocycles. The Bertz CT molecular complexity index is 1100. The molecule has 3 N–H and O–H groups in total. The molecule has 12 heteroatoms. The SMILES string of the molecule is CC(C)[C@H](C)NP(=O)(OC[C@H]1O[C@@H](n2ccc(=O)[nH]c2=O)[C@](C)(F)[C@H]1O)Oc1ccccc1. The molecule has 182 valence electrons. The van der Waals surface area contributed by atoms with Crippen LogP contribution >= 0.6 is 7.75 Å². The molecule has 1 aliphatic rings. The Kier molecular flexibility index (Phi) is 7.60. The second-order valence-electron chi connectivity index (χ2n) is 8.50. The highest BCUT2D eigenvalue weighted by Gasteiger charge is 2.55. The number of nitrogens with zero attached hydrogens (tertiary/aromatic N) is 1. The molecule has 0 amide bonds. The summed E-state index contributed by atoms with van der Waals surface area (Å²) in [5.41, 5.74) is -3.95. The van der Waals surface area contributed by atoms with Gasteiger partial charge in [0, 0.05) is 18.3 Å². The number of H-pyrrole nitrogens is 1. The number of halogens is 1. The van der Waals surface area contributed by atoms with E-state index >= 15 is 4.39 Å². The van der Waals surface area contributed by atoms with Gasteiger partial charge < -0.3 is 14.4 Å². The van der Waals surface area contributed by atoms with Crippen molar-refractivity contribution in [2.45, 2.75) is 57.8 Å². The summed E-state index contributed by atoms with van der Waals surface area (Å²) in [6, 6.07) is 9.18. The summed E-state index contributed by atoms with van der Waals surface area (Å²) in [6.07, 6.45) is -3.45. The van der Waals surface area contributed by atoms with Crippen LogP contribution in [-0.2, 0) is 13.8 Å². The highest BCUT2D eigenvalue weighted by atomic mass is 31.2. The molecule has 0 saturated carbocycles. The third-order valence-electron chi connectivity index (χ3n) is 5.56. The summed E-state index contributed by atoms with van der Waals surface area (Å²) in [5.74, 6) is 0.394. The molecule has 6 atom stereocenters. The van der Waals surface area contributed by atoms with E-state index in [4.69, 9.17) is 13.8 Å².